The Labute approximate surface area is 124 Å². The van der Waals surface area contributed by atoms with E-state index < -0.39 is 0 Å². The Morgan fingerprint density at radius 2 is 2.19 bits per heavy atom. The van der Waals surface area contributed by atoms with Gasteiger partial charge < -0.3 is 15.6 Å². The summed E-state index contributed by atoms with van der Waals surface area (Å²) in [7, 11) is 1.89. The van der Waals surface area contributed by atoms with Crippen molar-refractivity contribution in [3.05, 3.63) is 30.6 Å². The Balaban J connectivity index is 1.95. The van der Waals surface area contributed by atoms with E-state index in [0.717, 1.165) is 36.3 Å². The number of benzene rings is 1. The summed E-state index contributed by atoms with van der Waals surface area (Å²) in [5, 5.41) is 10.8. The molecule has 112 valence electrons. The van der Waals surface area contributed by atoms with Crippen LogP contribution in [0.1, 0.15) is 25.7 Å². The van der Waals surface area contributed by atoms with Crippen molar-refractivity contribution in [2.24, 2.45) is 12.8 Å². The first kappa shape index (κ1) is 15.2. The van der Waals surface area contributed by atoms with Gasteiger partial charge in [-0.3, -0.25) is 4.79 Å². The summed E-state index contributed by atoms with van der Waals surface area (Å²) in [4.78, 5) is 11.9. The largest absolute Gasteiger partial charge is 0.330 e. The lowest BCUT2D eigenvalue weighted by Gasteiger charge is -2.07. The van der Waals surface area contributed by atoms with Gasteiger partial charge in [0.05, 0.1) is 0 Å². The SMILES string of the molecule is Cn1cnnc1-c1cccc(NC(=O)CCCCCN)c1. The molecule has 1 heterocycles. The summed E-state index contributed by atoms with van der Waals surface area (Å²) in [5.41, 5.74) is 7.13. The first-order chi connectivity index (χ1) is 10.2. The van der Waals surface area contributed by atoms with Gasteiger partial charge in [-0.15, -0.1) is 10.2 Å². The van der Waals surface area contributed by atoms with Crippen LogP contribution in [0.4, 0.5) is 5.69 Å². The average Bonchev–Trinajstić information content (AvgIpc) is 2.90. The molecule has 6 heteroatoms. The summed E-state index contributed by atoms with van der Waals surface area (Å²) in [6, 6.07) is 7.62. The van der Waals surface area contributed by atoms with Crippen molar-refractivity contribution in [1.82, 2.24) is 14.8 Å². The maximum atomic E-state index is 11.9. The van der Waals surface area contributed by atoms with E-state index in [9.17, 15) is 4.79 Å². The van der Waals surface area contributed by atoms with Crippen molar-refractivity contribution in [2.45, 2.75) is 25.7 Å². The van der Waals surface area contributed by atoms with Crippen LogP contribution in [0.3, 0.4) is 0 Å². The second kappa shape index (κ2) is 7.54. The van der Waals surface area contributed by atoms with Crippen molar-refractivity contribution in [3.63, 3.8) is 0 Å². The molecule has 0 aliphatic heterocycles. The first-order valence-electron chi connectivity index (χ1n) is 7.15. The molecule has 0 spiro atoms. The molecule has 3 N–H and O–H groups in total. The van der Waals surface area contributed by atoms with E-state index in [-0.39, 0.29) is 5.91 Å². The fraction of sp³-hybridized carbons (Fsp3) is 0.400. The monoisotopic (exact) mass is 287 g/mol. The van der Waals surface area contributed by atoms with E-state index in [1.54, 1.807) is 6.33 Å². The standard InChI is InChI=1S/C15H21N5O/c1-20-11-17-19-15(20)12-6-5-7-13(10-12)18-14(21)8-3-2-4-9-16/h5-7,10-11H,2-4,8-9,16H2,1H3,(H,18,21). The highest BCUT2D eigenvalue weighted by Crippen LogP contribution is 2.20. The van der Waals surface area contributed by atoms with Crippen molar-refractivity contribution in [1.29, 1.82) is 0 Å². The van der Waals surface area contributed by atoms with E-state index >= 15 is 0 Å². The number of unbranched alkanes of at least 4 members (excludes halogenated alkanes) is 2. The Bertz CT molecular complexity index is 593. The lowest BCUT2D eigenvalue weighted by Crippen LogP contribution is -2.11. The maximum Gasteiger partial charge on any atom is 0.224 e. The zero-order valence-electron chi connectivity index (χ0n) is 12.2. The predicted octanol–water partition coefficient (Wildman–Crippen LogP) is 1.94. The van der Waals surface area contributed by atoms with E-state index in [1.807, 2.05) is 35.9 Å². The van der Waals surface area contributed by atoms with Gasteiger partial charge in [0, 0.05) is 24.7 Å². The molecule has 0 unspecified atom stereocenters. The number of hydrogen-bond donors (Lipinski definition) is 2. The molecule has 0 saturated heterocycles. The number of amides is 1. The van der Waals surface area contributed by atoms with Gasteiger partial charge in [-0.2, -0.15) is 0 Å². The summed E-state index contributed by atoms with van der Waals surface area (Å²) in [6.07, 6.45) is 5.00. The third kappa shape index (κ3) is 4.39. The van der Waals surface area contributed by atoms with E-state index in [0.29, 0.717) is 13.0 Å². The molecular weight excluding hydrogens is 266 g/mol. The van der Waals surface area contributed by atoms with E-state index in [1.165, 1.54) is 0 Å². The van der Waals surface area contributed by atoms with Crippen LogP contribution >= 0.6 is 0 Å². The van der Waals surface area contributed by atoms with Gasteiger partial charge in [0.15, 0.2) is 5.82 Å². The number of aromatic nitrogens is 3. The Morgan fingerprint density at radius 1 is 1.33 bits per heavy atom. The minimum absolute atomic E-state index is 0.0298. The van der Waals surface area contributed by atoms with Crippen LogP contribution in [0.5, 0.6) is 0 Å². The molecule has 0 radical (unpaired) electrons. The highest BCUT2D eigenvalue weighted by atomic mass is 16.1. The number of nitrogens with one attached hydrogen (secondary N) is 1. The van der Waals surface area contributed by atoms with Crippen LogP contribution in [0.25, 0.3) is 11.4 Å². The van der Waals surface area contributed by atoms with Crippen molar-refractivity contribution in [3.8, 4) is 11.4 Å². The molecule has 0 bridgehead atoms. The molecule has 2 rings (SSSR count). The third-order valence-electron chi connectivity index (χ3n) is 3.22. The Hall–Kier alpha value is -2.21. The molecule has 6 nitrogen and oxygen atoms in total. The fourth-order valence-electron chi connectivity index (χ4n) is 2.11. The van der Waals surface area contributed by atoms with Gasteiger partial charge >= 0.3 is 0 Å². The third-order valence-corrected chi connectivity index (χ3v) is 3.22. The van der Waals surface area contributed by atoms with Crippen molar-refractivity contribution >= 4 is 11.6 Å². The predicted molar refractivity (Wildman–Crippen MR) is 82.6 cm³/mol. The molecule has 0 aliphatic carbocycles. The summed E-state index contributed by atoms with van der Waals surface area (Å²) in [5.74, 6) is 0.802. The first-order valence-corrected chi connectivity index (χ1v) is 7.15. The number of anilines is 1. The highest BCUT2D eigenvalue weighted by molar-refractivity contribution is 5.91. The quantitative estimate of drug-likeness (QED) is 0.762. The second-order valence-corrected chi connectivity index (χ2v) is 4.99. The number of carbonyl (C=O) groups is 1. The molecule has 1 amide bonds. The molecule has 0 saturated carbocycles. The van der Waals surface area contributed by atoms with Crippen LogP contribution in [0.15, 0.2) is 30.6 Å². The maximum absolute atomic E-state index is 11.9. The minimum Gasteiger partial charge on any atom is -0.330 e. The minimum atomic E-state index is 0.0298. The average molecular weight is 287 g/mol. The Morgan fingerprint density at radius 3 is 2.90 bits per heavy atom. The van der Waals surface area contributed by atoms with E-state index in [2.05, 4.69) is 15.5 Å². The van der Waals surface area contributed by atoms with Crippen LogP contribution in [0.2, 0.25) is 0 Å². The van der Waals surface area contributed by atoms with Crippen LogP contribution in [-0.4, -0.2) is 27.2 Å². The molecule has 0 fully saturated rings. The molecule has 2 aromatic rings. The van der Waals surface area contributed by atoms with Gasteiger partial charge in [-0.1, -0.05) is 18.6 Å². The number of hydrogen-bond acceptors (Lipinski definition) is 4. The number of rotatable bonds is 7. The number of carbonyl (C=O) groups excluding carboxylic acids is 1. The topological polar surface area (TPSA) is 85.8 Å². The Kier molecular flexibility index (Phi) is 5.45. The molecule has 0 atom stereocenters. The second-order valence-electron chi connectivity index (χ2n) is 4.99. The van der Waals surface area contributed by atoms with E-state index in [4.69, 9.17) is 5.73 Å². The lowest BCUT2D eigenvalue weighted by molar-refractivity contribution is -0.116. The number of nitrogens with zero attached hydrogens (tertiary/aromatic N) is 3. The van der Waals surface area contributed by atoms with Gasteiger partial charge in [-0.25, -0.2) is 0 Å². The van der Waals surface area contributed by atoms with Gasteiger partial charge in [-0.05, 0) is 31.5 Å². The van der Waals surface area contributed by atoms with Crippen LogP contribution in [-0.2, 0) is 11.8 Å². The van der Waals surface area contributed by atoms with Crippen LogP contribution < -0.4 is 11.1 Å². The molecular formula is C15H21N5O. The molecule has 1 aromatic heterocycles. The summed E-state index contributed by atoms with van der Waals surface area (Å²) < 4.78 is 1.84. The van der Waals surface area contributed by atoms with Crippen molar-refractivity contribution in [2.75, 3.05) is 11.9 Å². The van der Waals surface area contributed by atoms with Crippen LogP contribution in [0, 0.1) is 0 Å². The van der Waals surface area contributed by atoms with Gasteiger partial charge in [0.25, 0.3) is 0 Å². The smallest absolute Gasteiger partial charge is 0.224 e. The van der Waals surface area contributed by atoms with Crippen molar-refractivity contribution < 1.29 is 4.79 Å². The molecule has 21 heavy (non-hydrogen) atoms. The zero-order valence-corrected chi connectivity index (χ0v) is 12.2. The highest BCUT2D eigenvalue weighted by Gasteiger charge is 2.07. The molecule has 1 aromatic carbocycles. The van der Waals surface area contributed by atoms with Gasteiger partial charge in [0.1, 0.15) is 6.33 Å². The lowest BCUT2D eigenvalue weighted by atomic mass is 10.1. The summed E-state index contributed by atoms with van der Waals surface area (Å²) in [6.45, 7) is 0.682. The number of aryl methyl sites for hydroxylation is 1. The normalized spacial score (nSPS) is 10.6. The zero-order chi connectivity index (χ0) is 15.1. The fourth-order valence-corrected chi connectivity index (χ4v) is 2.11. The molecule has 0 aliphatic rings. The van der Waals surface area contributed by atoms with Gasteiger partial charge in [0.2, 0.25) is 5.91 Å². The number of nitrogens with two attached hydrogens (primary N) is 1. The summed E-state index contributed by atoms with van der Waals surface area (Å²) >= 11 is 0.